The molecule has 0 bridgehead atoms. The molecule has 2 aromatic heterocycles. The minimum atomic E-state index is -4.02. The maximum Gasteiger partial charge on any atom is 0.328 e. The van der Waals surface area contributed by atoms with E-state index in [1.807, 2.05) is 12.3 Å². The largest absolute Gasteiger partial charge is 0.345 e. The van der Waals surface area contributed by atoms with Gasteiger partial charge in [0, 0.05) is 17.1 Å². The molecule has 0 saturated heterocycles. The molecule has 0 aliphatic rings. The van der Waals surface area contributed by atoms with Crippen LogP contribution in [0.4, 0.5) is 0 Å². The Bertz CT molecular complexity index is 1360. The Balaban J connectivity index is 1.83. The van der Waals surface area contributed by atoms with Crippen LogP contribution in [0.15, 0.2) is 50.3 Å². The number of carbonyl (C=O) groups is 1. The number of aryl methyl sites for hydroxylation is 2. The second kappa shape index (κ2) is 10.2. The molecule has 2 heterocycles. The van der Waals surface area contributed by atoms with Gasteiger partial charge < -0.3 is 5.32 Å². The summed E-state index contributed by atoms with van der Waals surface area (Å²) in [6, 6.07) is 5.39. The SMILES string of the molecule is CCc1csc([C@H](Cc2ccc(S(=O)(=O)ON)cc2)NC(=O)Cn2cc(C)c(=O)[nH]c2=O)n1. The lowest BCUT2D eigenvalue weighted by Gasteiger charge is -2.17. The lowest BCUT2D eigenvalue weighted by Crippen LogP contribution is -2.38. The van der Waals surface area contributed by atoms with Crippen molar-refractivity contribution >= 4 is 27.4 Å². The fraction of sp³-hybridized carbons (Fsp3) is 0.300. The topological polar surface area (TPSA) is 166 Å². The number of rotatable bonds is 9. The van der Waals surface area contributed by atoms with Crippen molar-refractivity contribution in [2.24, 2.45) is 5.90 Å². The van der Waals surface area contributed by atoms with Crippen molar-refractivity contribution in [1.29, 1.82) is 0 Å². The molecule has 176 valence electrons. The average Bonchev–Trinajstić information content (AvgIpc) is 3.27. The second-order valence-electron chi connectivity index (χ2n) is 7.25. The van der Waals surface area contributed by atoms with E-state index in [1.165, 1.54) is 36.6 Å². The van der Waals surface area contributed by atoms with Gasteiger partial charge in [0.15, 0.2) is 0 Å². The normalized spacial score (nSPS) is 12.5. The van der Waals surface area contributed by atoms with Gasteiger partial charge >= 0.3 is 15.8 Å². The van der Waals surface area contributed by atoms with Gasteiger partial charge in [-0.15, -0.1) is 11.3 Å². The minimum Gasteiger partial charge on any atom is -0.345 e. The number of thiazole rings is 1. The highest BCUT2D eigenvalue weighted by molar-refractivity contribution is 7.86. The summed E-state index contributed by atoms with van der Waals surface area (Å²) in [4.78, 5) is 42.9. The number of H-pyrrole nitrogens is 1. The van der Waals surface area contributed by atoms with Crippen molar-refractivity contribution in [1.82, 2.24) is 19.9 Å². The first-order chi connectivity index (χ1) is 15.6. The van der Waals surface area contributed by atoms with E-state index in [0.717, 1.165) is 22.2 Å². The lowest BCUT2D eigenvalue weighted by atomic mass is 10.1. The van der Waals surface area contributed by atoms with Crippen molar-refractivity contribution in [3.8, 4) is 0 Å². The molecule has 3 aromatic rings. The Morgan fingerprint density at radius 3 is 2.61 bits per heavy atom. The molecule has 0 aliphatic heterocycles. The zero-order chi connectivity index (χ0) is 24.2. The zero-order valence-corrected chi connectivity index (χ0v) is 19.5. The maximum atomic E-state index is 12.7. The van der Waals surface area contributed by atoms with Gasteiger partial charge in [0.25, 0.3) is 5.56 Å². The molecule has 3 rings (SSSR count). The van der Waals surface area contributed by atoms with Crippen molar-refractivity contribution in [2.45, 2.75) is 44.2 Å². The van der Waals surface area contributed by atoms with Gasteiger partial charge in [0.1, 0.15) is 11.6 Å². The van der Waals surface area contributed by atoms with Crippen LogP contribution in [0.2, 0.25) is 0 Å². The maximum absolute atomic E-state index is 12.7. The van der Waals surface area contributed by atoms with Crippen molar-refractivity contribution in [3.05, 3.63) is 78.5 Å². The Hall–Kier alpha value is -3.13. The Labute approximate surface area is 193 Å². The van der Waals surface area contributed by atoms with Gasteiger partial charge in [-0.1, -0.05) is 19.1 Å². The van der Waals surface area contributed by atoms with Crippen LogP contribution in [0.3, 0.4) is 0 Å². The first-order valence-electron chi connectivity index (χ1n) is 9.89. The van der Waals surface area contributed by atoms with E-state index in [4.69, 9.17) is 5.90 Å². The molecule has 0 saturated carbocycles. The molecule has 1 amide bonds. The standard InChI is InChI=1S/C20H23N5O6S2/c1-3-14-11-32-19(22-14)16(8-13-4-6-15(7-5-13)33(29,30)31-21)23-17(26)10-25-9-12(2)18(27)24-20(25)28/h4-7,9,11,16H,3,8,10,21H2,1-2H3,(H,23,26)(H,24,27,28)/t16-/m0/s1. The van der Waals surface area contributed by atoms with Crippen LogP contribution in [0, 0.1) is 6.92 Å². The highest BCUT2D eigenvalue weighted by Crippen LogP contribution is 2.24. The molecule has 33 heavy (non-hydrogen) atoms. The Kier molecular flexibility index (Phi) is 7.58. The van der Waals surface area contributed by atoms with E-state index in [1.54, 1.807) is 12.1 Å². The molecular formula is C20H23N5O6S2. The minimum absolute atomic E-state index is 0.0929. The van der Waals surface area contributed by atoms with E-state index >= 15 is 0 Å². The molecule has 0 spiro atoms. The molecular weight excluding hydrogens is 470 g/mol. The highest BCUT2D eigenvalue weighted by Gasteiger charge is 2.20. The molecule has 0 unspecified atom stereocenters. The van der Waals surface area contributed by atoms with Gasteiger partial charge in [-0.05, 0) is 37.5 Å². The number of benzene rings is 1. The van der Waals surface area contributed by atoms with Gasteiger partial charge in [0.2, 0.25) is 5.91 Å². The summed E-state index contributed by atoms with van der Waals surface area (Å²) < 4.78 is 28.6. The smallest absolute Gasteiger partial charge is 0.328 e. The summed E-state index contributed by atoms with van der Waals surface area (Å²) in [5.74, 6) is 4.36. The van der Waals surface area contributed by atoms with E-state index < -0.39 is 33.3 Å². The Morgan fingerprint density at radius 2 is 2.00 bits per heavy atom. The van der Waals surface area contributed by atoms with E-state index in [-0.39, 0.29) is 11.4 Å². The number of nitrogens with one attached hydrogen (secondary N) is 2. The molecule has 1 aromatic carbocycles. The fourth-order valence-corrected chi connectivity index (χ4v) is 4.59. The number of amides is 1. The van der Waals surface area contributed by atoms with Crippen LogP contribution >= 0.6 is 11.3 Å². The lowest BCUT2D eigenvalue weighted by molar-refractivity contribution is -0.122. The predicted octanol–water partition coefficient (Wildman–Crippen LogP) is 0.543. The van der Waals surface area contributed by atoms with E-state index in [2.05, 4.69) is 19.6 Å². The molecule has 1 atom stereocenters. The number of nitrogens with two attached hydrogens (primary N) is 1. The molecule has 13 heteroatoms. The van der Waals surface area contributed by atoms with Crippen molar-refractivity contribution in [2.75, 3.05) is 0 Å². The van der Waals surface area contributed by atoms with Crippen LogP contribution in [0.1, 0.15) is 34.8 Å². The van der Waals surface area contributed by atoms with Crippen LogP contribution in [-0.2, 0) is 38.6 Å². The summed E-state index contributed by atoms with van der Waals surface area (Å²) in [5, 5.41) is 5.45. The zero-order valence-electron chi connectivity index (χ0n) is 17.9. The number of hydrogen-bond acceptors (Lipinski definition) is 9. The summed E-state index contributed by atoms with van der Waals surface area (Å²) in [7, 11) is -4.02. The second-order valence-corrected chi connectivity index (χ2v) is 9.71. The van der Waals surface area contributed by atoms with Crippen LogP contribution in [0.5, 0.6) is 0 Å². The third-order valence-corrected chi connectivity index (χ3v) is 6.96. The highest BCUT2D eigenvalue weighted by atomic mass is 32.2. The average molecular weight is 494 g/mol. The number of aromatic nitrogens is 3. The summed E-state index contributed by atoms with van der Waals surface area (Å²) in [6.45, 7) is 3.22. The summed E-state index contributed by atoms with van der Waals surface area (Å²) in [6.07, 6.45) is 2.38. The number of carbonyl (C=O) groups excluding carboxylic acids is 1. The molecule has 11 nitrogen and oxygen atoms in total. The van der Waals surface area contributed by atoms with Crippen molar-refractivity contribution in [3.63, 3.8) is 0 Å². The first-order valence-corrected chi connectivity index (χ1v) is 12.2. The van der Waals surface area contributed by atoms with Crippen LogP contribution in [0.25, 0.3) is 0 Å². The van der Waals surface area contributed by atoms with Crippen molar-refractivity contribution < 1.29 is 17.5 Å². The summed E-state index contributed by atoms with van der Waals surface area (Å²) >= 11 is 1.39. The third kappa shape index (κ3) is 6.01. The Morgan fingerprint density at radius 1 is 1.30 bits per heavy atom. The van der Waals surface area contributed by atoms with E-state index in [0.29, 0.717) is 17.0 Å². The molecule has 0 radical (unpaired) electrons. The van der Waals surface area contributed by atoms with Crippen LogP contribution in [-0.4, -0.2) is 28.9 Å². The van der Waals surface area contributed by atoms with E-state index in [9.17, 15) is 22.8 Å². The number of hydrogen-bond donors (Lipinski definition) is 3. The third-order valence-electron chi connectivity index (χ3n) is 4.85. The molecule has 0 fully saturated rings. The molecule has 0 aliphatic carbocycles. The fourth-order valence-electron chi connectivity index (χ4n) is 3.06. The van der Waals surface area contributed by atoms with Gasteiger partial charge in [0.05, 0.1) is 16.6 Å². The monoisotopic (exact) mass is 493 g/mol. The van der Waals surface area contributed by atoms with Gasteiger partial charge in [-0.25, -0.2) is 9.78 Å². The predicted molar refractivity (Wildman–Crippen MR) is 121 cm³/mol. The number of aromatic amines is 1. The molecule has 4 N–H and O–H groups in total. The van der Waals surface area contributed by atoms with Crippen LogP contribution < -0.4 is 22.5 Å². The quantitative estimate of drug-likeness (QED) is 0.363. The van der Waals surface area contributed by atoms with Gasteiger partial charge in [-0.2, -0.15) is 18.6 Å². The number of nitrogens with zero attached hydrogens (tertiary/aromatic N) is 2. The summed E-state index contributed by atoms with van der Waals surface area (Å²) in [5.41, 5.74) is 0.737. The first kappa shape index (κ1) is 24.5. The van der Waals surface area contributed by atoms with Gasteiger partial charge in [-0.3, -0.25) is 19.1 Å².